The number of carbonyl (C=O) groups excluding carboxylic acids is 2. The molecule has 0 bridgehead atoms. The van der Waals surface area contributed by atoms with Gasteiger partial charge in [-0.1, -0.05) is 19.3 Å². The van der Waals surface area contributed by atoms with Crippen molar-refractivity contribution < 1.29 is 29.3 Å². The number of hydrogen-bond acceptors (Lipinski definition) is 6. The van der Waals surface area contributed by atoms with Crippen LogP contribution in [0, 0.1) is 0 Å². The molecule has 0 unspecified atom stereocenters. The number of aromatic hydroxyl groups is 2. The Morgan fingerprint density at radius 2 is 1.92 bits per heavy atom. The molecule has 1 atom stereocenters. The Hall–Kier alpha value is -2.24. The quantitative estimate of drug-likeness (QED) is 0.559. The molecule has 0 aliphatic carbocycles. The van der Waals surface area contributed by atoms with Crippen LogP contribution in [0.15, 0.2) is 12.1 Å². The third kappa shape index (κ3) is 5.15. The molecule has 0 amide bonds. The summed E-state index contributed by atoms with van der Waals surface area (Å²) in [6.45, 7) is 1.86. The molecule has 0 aromatic heterocycles. The van der Waals surface area contributed by atoms with Gasteiger partial charge in [-0.25, -0.2) is 0 Å². The molecule has 2 N–H and O–H groups in total. The van der Waals surface area contributed by atoms with Crippen molar-refractivity contribution in [1.82, 2.24) is 0 Å². The summed E-state index contributed by atoms with van der Waals surface area (Å²) in [7, 11) is 0. The summed E-state index contributed by atoms with van der Waals surface area (Å²) >= 11 is 0. The zero-order valence-electron chi connectivity index (χ0n) is 13.9. The van der Waals surface area contributed by atoms with Gasteiger partial charge < -0.3 is 19.7 Å². The summed E-state index contributed by atoms with van der Waals surface area (Å²) < 4.78 is 10.2. The van der Waals surface area contributed by atoms with E-state index in [1.54, 1.807) is 0 Å². The SMILES string of the molecule is CC(=O)OCCCCCCC[C@@H]1OC(=O)Cc2cc(O)cc(O)c21. The summed E-state index contributed by atoms with van der Waals surface area (Å²) in [6.07, 6.45) is 4.94. The second-order valence-electron chi connectivity index (χ2n) is 6.09. The van der Waals surface area contributed by atoms with Gasteiger partial charge in [-0.15, -0.1) is 0 Å². The number of benzene rings is 1. The van der Waals surface area contributed by atoms with Crippen LogP contribution in [0.1, 0.15) is 62.7 Å². The maximum Gasteiger partial charge on any atom is 0.310 e. The molecule has 0 saturated carbocycles. The number of unbranched alkanes of at least 4 members (excludes halogenated alkanes) is 4. The van der Waals surface area contributed by atoms with Crippen molar-refractivity contribution in [2.45, 2.75) is 58.0 Å². The van der Waals surface area contributed by atoms with Crippen LogP contribution >= 0.6 is 0 Å². The summed E-state index contributed by atoms with van der Waals surface area (Å²) in [6, 6.07) is 2.79. The van der Waals surface area contributed by atoms with Crippen LogP contribution in [-0.4, -0.2) is 28.8 Å². The predicted octanol–water partition coefficient (Wildman–Crippen LogP) is 3.14. The van der Waals surface area contributed by atoms with Gasteiger partial charge in [-0.3, -0.25) is 9.59 Å². The molecule has 1 aromatic carbocycles. The smallest absolute Gasteiger partial charge is 0.310 e. The molecule has 132 valence electrons. The molecule has 0 saturated heterocycles. The third-order valence-corrected chi connectivity index (χ3v) is 4.08. The largest absolute Gasteiger partial charge is 0.508 e. The second kappa shape index (κ2) is 8.57. The zero-order chi connectivity index (χ0) is 17.5. The van der Waals surface area contributed by atoms with Gasteiger partial charge >= 0.3 is 11.9 Å². The van der Waals surface area contributed by atoms with Crippen LogP contribution in [0.2, 0.25) is 0 Å². The first-order chi connectivity index (χ1) is 11.5. The van der Waals surface area contributed by atoms with Crippen molar-refractivity contribution >= 4 is 11.9 Å². The first-order valence-corrected chi connectivity index (χ1v) is 8.35. The molecule has 1 aliphatic rings. The van der Waals surface area contributed by atoms with Crippen LogP contribution in [0.3, 0.4) is 0 Å². The standard InChI is InChI=1S/C18H24O6/c1-12(19)23-8-6-4-2-3-5-7-16-18-13(10-17(22)24-16)9-14(20)11-15(18)21/h9,11,16,20-21H,2-8,10H2,1H3/t16-/m0/s1. The highest BCUT2D eigenvalue weighted by atomic mass is 16.5. The molecule has 2 rings (SSSR count). The summed E-state index contributed by atoms with van der Waals surface area (Å²) in [5.41, 5.74) is 1.25. The minimum atomic E-state index is -0.456. The fourth-order valence-corrected chi connectivity index (χ4v) is 2.99. The Balaban J connectivity index is 1.78. The van der Waals surface area contributed by atoms with Crippen LogP contribution in [0.25, 0.3) is 0 Å². The van der Waals surface area contributed by atoms with E-state index in [0.717, 1.165) is 32.1 Å². The Bertz CT molecular complexity index is 595. The van der Waals surface area contributed by atoms with Crippen LogP contribution < -0.4 is 0 Å². The first kappa shape index (κ1) is 18.1. The van der Waals surface area contributed by atoms with E-state index in [2.05, 4.69) is 0 Å². The van der Waals surface area contributed by atoms with Crippen molar-refractivity contribution in [3.8, 4) is 11.5 Å². The van der Waals surface area contributed by atoms with E-state index >= 15 is 0 Å². The van der Waals surface area contributed by atoms with E-state index in [1.165, 1.54) is 19.1 Å². The van der Waals surface area contributed by atoms with Crippen LogP contribution in [0.4, 0.5) is 0 Å². The number of rotatable bonds is 8. The second-order valence-corrected chi connectivity index (χ2v) is 6.09. The number of phenols is 2. The number of carbonyl (C=O) groups is 2. The molecule has 6 nitrogen and oxygen atoms in total. The molecule has 0 radical (unpaired) electrons. The van der Waals surface area contributed by atoms with Crippen molar-refractivity contribution in [3.05, 3.63) is 23.3 Å². The lowest BCUT2D eigenvalue weighted by atomic mass is 9.92. The minimum absolute atomic E-state index is 0.0242. The number of esters is 2. The maximum atomic E-state index is 11.7. The highest BCUT2D eigenvalue weighted by molar-refractivity contribution is 5.76. The van der Waals surface area contributed by atoms with Gasteiger partial charge in [0.15, 0.2) is 0 Å². The fraction of sp³-hybridized carbons (Fsp3) is 0.556. The van der Waals surface area contributed by atoms with E-state index in [-0.39, 0.29) is 29.9 Å². The molecular formula is C18H24O6. The van der Waals surface area contributed by atoms with Gasteiger partial charge in [0.1, 0.15) is 17.6 Å². The first-order valence-electron chi connectivity index (χ1n) is 8.35. The lowest BCUT2D eigenvalue weighted by molar-refractivity contribution is -0.151. The molecule has 0 fully saturated rings. The predicted molar refractivity (Wildman–Crippen MR) is 86.6 cm³/mol. The van der Waals surface area contributed by atoms with E-state index in [4.69, 9.17) is 9.47 Å². The van der Waals surface area contributed by atoms with E-state index in [0.29, 0.717) is 24.2 Å². The molecule has 24 heavy (non-hydrogen) atoms. The van der Waals surface area contributed by atoms with Crippen molar-refractivity contribution in [2.75, 3.05) is 6.61 Å². The van der Waals surface area contributed by atoms with Gasteiger partial charge in [0, 0.05) is 18.6 Å². The van der Waals surface area contributed by atoms with Gasteiger partial charge in [0.2, 0.25) is 0 Å². The highest BCUT2D eigenvalue weighted by Gasteiger charge is 2.29. The summed E-state index contributed by atoms with van der Waals surface area (Å²) in [4.78, 5) is 22.3. The van der Waals surface area contributed by atoms with E-state index in [1.807, 2.05) is 0 Å². The fourth-order valence-electron chi connectivity index (χ4n) is 2.99. The molecule has 1 aromatic rings. The van der Waals surface area contributed by atoms with Gasteiger partial charge in [-0.2, -0.15) is 0 Å². The highest BCUT2D eigenvalue weighted by Crippen LogP contribution is 2.39. The topological polar surface area (TPSA) is 93.1 Å². The van der Waals surface area contributed by atoms with E-state index in [9.17, 15) is 19.8 Å². The van der Waals surface area contributed by atoms with Gasteiger partial charge in [0.25, 0.3) is 0 Å². The zero-order valence-corrected chi connectivity index (χ0v) is 13.9. The number of ether oxygens (including phenoxy) is 2. The van der Waals surface area contributed by atoms with E-state index < -0.39 is 6.10 Å². The van der Waals surface area contributed by atoms with Gasteiger partial charge in [0.05, 0.1) is 13.0 Å². The summed E-state index contributed by atoms with van der Waals surface area (Å²) in [5.74, 6) is -0.658. The minimum Gasteiger partial charge on any atom is -0.508 e. The van der Waals surface area contributed by atoms with Gasteiger partial charge in [-0.05, 0) is 30.9 Å². The van der Waals surface area contributed by atoms with Crippen LogP contribution in [-0.2, 0) is 25.5 Å². The molecule has 1 heterocycles. The Morgan fingerprint density at radius 3 is 2.67 bits per heavy atom. The summed E-state index contributed by atoms with van der Waals surface area (Å²) in [5, 5.41) is 19.6. The lowest BCUT2D eigenvalue weighted by Gasteiger charge is -2.26. The number of fused-ring (bicyclic) bond motifs is 1. The number of cyclic esters (lactones) is 1. The molecule has 1 aliphatic heterocycles. The number of hydrogen-bond donors (Lipinski definition) is 2. The third-order valence-electron chi connectivity index (χ3n) is 4.08. The Kier molecular flexibility index (Phi) is 6.46. The molecule has 6 heteroatoms. The monoisotopic (exact) mass is 336 g/mol. The lowest BCUT2D eigenvalue weighted by Crippen LogP contribution is -2.21. The van der Waals surface area contributed by atoms with Crippen molar-refractivity contribution in [3.63, 3.8) is 0 Å². The maximum absolute atomic E-state index is 11.7. The normalized spacial score (nSPS) is 16.4. The molecule has 0 spiro atoms. The van der Waals surface area contributed by atoms with Crippen LogP contribution in [0.5, 0.6) is 11.5 Å². The average Bonchev–Trinajstić information content (AvgIpc) is 2.48. The van der Waals surface area contributed by atoms with Crippen molar-refractivity contribution in [1.29, 1.82) is 0 Å². The van der Waals surface area contributed by atoms with Crippen molar-refractivity contribution in [2.24, 2.45) is 0 Å². The Morgan fingerprint density at radius 1 is 1.21 bits per heavy atom. The Labute approximate surface area is 141 Å². The number of phenolic OH excluding ortho intramolecular Hbond substituents is 2. The average molecular weight is 336 g/mol. The molecular weight excluding hydrogens is 312 g/mol.